The molecular weight excluding hydrogens is 271 g/mol. The summed E-state index contributed by atoms with van der Waals surface area (Å²) in [5.41, 5.74) is -0.129. The van der Waals surface area contributed by atoms with Gasteiger partial charge >= 0.3 is 5.97 Å². The highest BCUT2D eigenvalue weighted by Gasteiger charge is 2.09. The first-order valence-corrected chi connectivity index (χ1v) is 5.68. The molecule has 0 fully saturated rings. The van der Waals surface area contributed by atoms with E-state index in [4.69, 9.17) is 5.11 Å². The highest BCUT2D eigenvalue weighted by molar-refractivity contribution is 5.88. The summed E-state index contributed by atoms with van der Waals surface area (Å²) in [7, 11) is 0. The second-order valence-electron chi connectivity index (χ2n) is 4.09. The average molecular weight is 281 g/mol. The highest BCUT2D eigenvalue weighted by atomic mass is 19.1. The predicted molar refractivity (Wildman–Crippen MR) is 67.0 cm³/mol. The standard InChI is InChI=1S/C14H10F3NO2/c15-10-2-3-11(16)9(5-10)7-18-13-4-1-8(14(19)20)6-12(13)17/h1-6,18H,7H2,(H,19,20). The van der Waals surface area contributed by atoms with Crippen LogP contribution in [-0.4, -0.2) is 11.1 Å². The van der Waals surface area contributed by atoms with Crippen LogP contribution in [0.5, 0.6) is 0 Å². The number of nitrogens with one attached hydrogen (secondary N) is 1. The summed E-state index contributed by atoms with van der Waals surface area (Å²) >= 11 is 0. The van der Waals surface area contributed by atoms with Crippen molar-refractivity contribution in [2.75, 3.05) is 5.32 Å². The maximum atomic E-state index is 13.6. The molecule has 0 radical (unpaired) electrons. The van der Waals surface area contributed by atoms with Crippen molar-refractivity contribution in [2.24, 2.45) is 0 Å². The van der Waals surface area contributed by atoms with Crippen LogP contribution in [0.15, 0.2) is 36.4 Å². The number of carboxylic acid groups (broad SMARTS) is 1. The molecule has 0 aromatic heterocycles. The van der Waals surface area contributed by atoms with Crippen molar-refractivity contribution in [3.05, 3.63) is 65.0 Å². The van der Waals surface area contributed by atoms with E-state index in [9.17, 15) is 18.0 Å². The van der Waals surface area contributed by atoms with Crippen molar-refractivity contribution in [1.29, 1.82) is 0 Å². The fourth-order valence-electron chi connectivity index (χ4n) is 1.66. The van der Waals surface area contributed by atoms with E-state index in [0.29, 0.717) is 0 Å². The monoisotopic (exact) mass is 281 g/mol. The fourth-order valence-corrected chi connectivity index (χ4v) is 1.66. The lowest BCUT2D eigenvalue weighted by Gasteiger charge is -2.09. The Morgan fingerprint density at radius 1 is 1.05 bits per heavy atom. The number of benzene rings is 2. The second kappa shape index (κ2) is 5.64. The van der Waals surface area contributed by atoms with E-state index in [1.165, 1.54) is 12.1 Å². The lowest BCUT2D eigenvalue weighted by molar-refractivity contribution is 0.0696. The molecule has 3 nitrogen and oxygen atoms in total. The molecule has 0 saturated heterocycles. The van der Waals surface area contributed by atoms with Crippen LogP contribution in [0.1, 0.15) is 15.9 Å². The molecule has 0 aliphatic heterocycles. The van der Waals surface area contributed by atoms with Gasteiger partial charge in [-0.3, -0.25) is 0 Å². The summed E-state index contributed by atoms with van der Waals surface area (Å²) in [4.78, 5) is 10.6. The Morgan fingerprint density at radius 3 is 2.45 bits per heavy atom. The zero-order valence-corrected chi connectivity index (χ0v) is 10.2. The molecule has 2 aromatic carbocycles. The summed E-state index contributed by atoms with van der Waals surface area (Å²) in [5.74, 6) is -3.22. The van der Waals surface area contributed by atoms with E-state index in [0.717, 1.165) is 24.3 Å². The Kier molecular flexibility index (Phi) is 3.93. The van der Waals surface area contributed by atoms with Gasteiger partial charge < -0.3 is 10.4 Å². The lowest BCUT2D eigenvalue weighted by atomic mass is 10.1. The van der Waals surface area contributed by atoms with Gasteiger partial charge in [0.2, 0.25) is 0 Å². The molecule has 0 heterocycles. The van der Waals surface area contributed by atoms with Gasteiger partial charge in [0.1, 0.15) is 17.5 Å². The smallest absolute Gasteiger partial charge is 0.335 e. The number of aromatic carboxylic acids is 1. The van der Waals surface area contributed by atoms with E-state index in [1.807, 2.05) is 0 Å². The largest absolute Gasteiger partial charge is 0.478 e. The molecule has 0 aliphatic carbocycles. The Balaban J connectivity index is 2.15. The van der Waals surface area contributed by atoms with Gasteiger partial charge in [-0.1, -0.05) is 0 Å². The number of carbonyl (C=O) groups is 1. The molecule has 104 valence electrons. The number of anilines is 1. The number of halogens is 3. The first-order chi connectivity index (χ1) is 9.47. The lowest BCUT2D eigenvalue weighted by Crippen LogP contribution is -2.05. The van der Waals surface area contributed by atoms with Crippen molar-refractivity contribution < 1.29 is 23.1 Å². The van der Waals surface area contributed by atoms with Gasteiger partial charge in [-0.25, -0.2) is 18.0 Å². The molecule has 0 amide bonds. The van der Waals surface area contributed by atoms with Gasteiger partial charge in [-0.15, -0.1) is 0 Å². The van der Waals surface area contributed by atoms with E-state index >= 15 is 0 Å². The van der Waals surface area contributed by atoms with Crippen LogP contribution in [0.3, 0.4) is 0 Å². The van der Waals surface area contributed by atoms with Gasteiger partial charge in [0.25, 0.3) is 0 Å². The third-order valence-electron chi connectivity index (χ3n) is 2.69. The molecule has 2 rings (SSSR count). The molecule has 0 aliphatic rings. The third kappa shape index (κ3) is 3.09. The Morgan fingerprint density at radius 2 is 1.80 bits per heavy atom. The maximum absolute atomic E-state index is 13.6. The zero-order chi connectivity index (χ0) is 14.7. The van der Waals surface area contributed by atoms with Gasteiger partial charge in [-0.05, 0) is 36.4 Å². The van der Waals surface area contributed by atoms with Gasteiger partial charge in [0.15, 0.2) is 0 Å². The van der Waals surface area contributed by atoms with Crippen molar-refractivity contribution in [3.8, 4) is 0 Å². The van der Waals surface area contributed by atoms with Crippen LogP contribution in [0.2, 0.25) is 0 Å². The zero-order valence-electron chi connectivity index (χ0n) is 10.2. The molecule has 0 unspecified atom stereocenters. The minimum atomic E-state index is -1.24. The minimum Gasteiger partial charge on any atom is -0.478 e. The van der Waals surface area contributed by atoms with Gasteiger partial charge in [0.05, 0.1) is 11.3 Å². The van der Waals surface area contributed by atoms with E-state index in [1.54, 1.807) is 0 Å². The normalized spacial score (nSPS) is 10.3. The minimum absolute atomic E-state index is 0.0126. The summed E-state index contributed by atoms with van der Waals surface area (Å²) in [6.45, 7) is -0.118. The van der Waals surface area contributed by atoms with Crippen LogP contribution in [0.25, 0.3) is 0 Å². The first-order valence-electron chi connectivity index (χ1n) is 5.68. The Labute approximate surface area is 112 Å². The van der Waals surface area contributed by atoms with E-state index in [2.05, 4.69) is 5.32 Å². The molecule has 2 N–H and O–H groups in total. The molecule has 0 bridgehead atoms. The Hall–Kier alpha value is -2.50. The van der Waals surface area contributed by atoms with Crippen LogP contribution in [0, 0.1) is 17.5 Å². The summed E-state index contributed by atoms with van der Waals surface area (Å²) in [6, 6.07) is 6.28. The second-order valence-corrected chi connectivity index (χ2v) is 4.09. The molecule has 2 aromatic rings. The first kappa shape index (κ1) is 13.9. The van der Waals surface area contributed by atoms with E-state index in [-0.39, 0.29) is 23.4 Å². The third-order valence-corrected chi connectivity index (χ3v) is 2.69. The quantitative estimate of drug-likeness (QED) is 0.902. The number of carboxylic acids is 1. The van der Waals surface area contributed by atoms with E-state index < -0.39 is 23.4 Å². The predicted octanol–water partition coefficient (Wildman–Crippen LogP) is 3.41. The number of hydrogen-bond donors (Lipinski definition) is 2. The highest BCUT2D eigenvalue weighted by Crippen LogP contribution is 2.18. The molecule has 20 heavy (non-hydrogen) atoms. The van der Waals surface area contributed by atoms with Crippen LogP contribution in [0.4, 0.5) is 18.9 Å². The fraction of sp³-hybridized carbons (Fsp3) is 0.0714. The molecule has 0 spiro atoms. The molecule has 6 heteroatoms. The summed E-state index contributed by atoms with van der Waals surface area (Å²) < 4.78 is 39.9. The van der Waals surface area contributed by atoms with Crippen molar-refractivity contribution in [1.82, 2.24) is 0 Å². The van der Waals surface area contributed by atoms with Crippen LogP contribution < -0.4 is 5.32 Å². The topological polar surface area (TPSA) is 49.3 Å². The van der Waals surface area contributed by atoms with Crippen LogP contribution >= 0.6 is 0 Å². The molecular formula is C14H10F3NO2. The molecule has 0 saturated carbocycles. The van der Waals surface area contributed by atoms with Crippen molar-refractivity contribution in [2.45, 2.75) is 6.54 Å². The Bertz CT molecular complexity index is 659. The SMILES string of the molecule is O=C(O)c1ccc(NCc2cc(F)ccc2F)c(F)c1. The average Bonchev–Trinajstić information content (AvgIpc) is 2.40. The van der Waals surface area contributed by atoms with Gasteiger partial charge in [-0.2, -0.15) is 0 Å². The van der Waals surface area contributed by atoms with Gasteiger partial charge in [0, 0.05) is 12.1 Å². The maximum Gasteiger partial charge on any atom is 0.335 e. The van der Waals surface area contributed by atoms with Crippen LogP contribution in [-0.2, 0) is 6.54 Å². The van der Waals surface area contributed by atoms with Crippen molar-refractivity contribution >= 4 is 11.7 Å². The number of hydrogen-bond acceptors (Lipinski definition) is 2. The van der Waals surface area contributed by atoms with Crippen molar-refractivity contribution in [3.63, 3.8) is 0 Å². The molecule has 0 atom stereocenters. The summed E-state index contributed by atoms with van der Waals surface area (Å²) in [6.07, 6.45) is 0. The number of rotatable bonds is 4. The summed E-state index contributed by atoms with van der Waals surface area (Å²) in [5, 5.41) is 11.3.